The predicted octanol–water partition coefficient (Wildman–Crippen LogP) is 3.20. The average molecular weight is 445 g/mol. The Hall–Kier alpha value is -2.12. The van der Waals surface area contributed by atoms with E-state index in [9.17, 15) is 19.8 Å². The lowest BCUT2D eigenvalue weighted by Gasteiger charge is -2.68. The number of ether oxygens (including phenoxy) is 3. The molecule has 32 heavy (non-hydrogen) atoms. The summed E-state index contributed by atoms with van der Waals surface area (Å²) in [5.74, 6) is 0.274. The van der Waals surface area contributed by atoms with Crippen molar-refractivity contribution >= 4 is 12.3 Å². The van der Waals surface area contributed by atoms with Gasteiger partial charge in [0.15, 0.2) is 6.29 Å². The fraction of sp³-hybridized carbons (Fsp3) is 0.680. The third-order valence-corrected chi connectivity index (χ3v) is 9.53. The third-order valence-electron chi connectivity index (χ3n) is 9.53. The number of carbonyl (C=O) groups is 2. The number of methoxy groups -OCH3 is 1. The van der Waals surface area contributed by atoms with Crippen LogP contribution in [-0.4, -0.2) is 46.9 Å². The quantitative estimate of drug-likeness (QED) is 0.533. The standard InChI is InChI=1S/C25H32O7/c1-22(2)17(27)6-7-23(3)16-10-13-19(32-24(16,4)8-9-25(22,23)29)14(11-26)15-12-31-21(28)18(15)20(13)30-5/h11,16-17,27,29H,6-10,12H2,1-5H3/t16-,17+,23-,24-,25-/m1/s1. The van der Waals surface area contributed by atoms with Gasteiger partial charge >= 0.3 is 5.97 Å². The molecule has 174 valence electrons. The van der Waals surface area contributed by atoms with Crippen LogP contribution in [0.5, 0.6) is 11.5 Å². The molecule has 4 aliphatic rings. The molecule has 5 rings (SSSR count). The molecule has 2 aliphatic carbocycles. The van der Waals surface area contributed by atoms with E-state index >= 15 is 0 Å². The summed E-state index contributed by atoms with van der Waals surface area (Å²) in [6.45, 7) is 8.08. The molecule has 2 aliphatic heterocycles. The van der Waals surface area contributed by atoms with Crippen LogP contribution in [0.15, 0.2) is 0 Å². The molecule has 2 saturated carbocycles. The minimum absolute atomic E-state index is 0.0267. The normalized spacial score (nSPS) is 39.0. The van der Waals surface area contributed by atoms with Gasteiger partial charge in [-0.05, 0) is 39.0 Å². The molecule has 2 heterocycles. The Morgan fingerprint density at radius 3 is 2.50 bits per heavy atom. The Labute approximate surface area is 188 Å². The molecule has 0 unspecified atom stereocenters. The fourth-order valence-corrected chi connectivity index (χ4v) is 7.42. The van der Waals surface area contributed by atoms with Crippen molar-refractivity contribution in [3.8, 4) is 11.5 Å². The topological polar surface area (TPSA) is 102 Å². The van der Waals surface area contributed by atoms with E-state index in [0.29, 0.717) is 65.9 Å². The second-order valence-electron chi connectivity index (χ2n) is 11.0. The zero-order valence-electron chi connectivity index (χ0n) is 19.4. The molecule has 0 amide bonds. The van der Waals surface area contributed by atoms with Crippen molar-refractivity contribution < 1.29 is 34.0 Å². The van der Waals surface area contributed by atoms with Crippen LogP contribution >= 0.6 is 0 Å². The molecule has 1 aromatic carbocycles. The highest BCUT2D eigenvalue weighted by atomic mass is 16.5. The first-order valence-electron chi connectivity index (χ1n) is 11.4. The summed E-state index contributed by atoms with van der Waals surface area (Å²) in [6, 6.07) is 0. The maximum atomic E-state index is 12.5. The van der Waals surface area contributed by atoms with Gasteiger partial charge in [0, 0.05) is 27.9 Å². The van der Waals surface area contributed by atoms with Gasteiger partial charge in [0.25, 0.3) is 0 Å². The number of aldehydes is 1. The predicted molar refractivity (Wildman–Crippen MR) is 115 cm³/mol. The summed E-state index contributed by atoms with van der Waals surface area (Å²) in [6.07, 6.45) is 2.99. The number of benzene rings is 1. The van der Waals surface area contributed by atoms with Crippen LogP contribution in [0.4, 0.5) is 0 Å². The molecule has 0 bridgehead atoms. The van der Waals surface area contributed by atoms with Crippen LogP contribution in [0.25, 0.3) is 0 Å². The first-order chi connectivity index (χ1) is 14.9. The third kappa shape index (κ3) is 2.34. The second kappa shape index (κ2) is 6.48. The monoisotopic (exact) mass is 444 g/mol. The van der Waals surface area contributed by atoms with E-state index in [1.54, 1.807) is 0 Å². The average Bonchev–Trinajstić information content (AvgIpc) is 3.12. The van der Waals surface area contributed by atoms with Crippen LogP contribution in [0.1, 0.15) is 85.2 Å². The Bertz CT molecular complexity index is 1030. The summed E-state index contributed by atoms with van der Waals surface area (Å²) in [4.78, 5) is 24.6. The lowest BCUT2D eigenvalue weighted by atomic mass is 9.41. The number of carbonyl (C=O) groups excluding carboxylic acids is 2. The van der Waals surface area contributed by atoms with Crippen LogP contribution in [0.3, 0.4) is 0 Å². The van der Waals surface area contributed by atoms with E-state index in [1.807, 2.05) is 13.8 Å². The lowest BCUT2D eigenvalue weighted by molar-refractivity contribution is -0.286. The minimum Gasteiger partial charge on any atom is -0.495 e. The molecule has 0 saturated heterocycles. The van der Waals surface area contributed by atoms with Crippen LogP contribution in [-0.2, 0) is 17.8 Å². The molecular formula is C25H32O7. The molecular weight excluding hydrogens is 412 g/mol. The highest BCUT2D eigenvalue weighted by Gasteiger charge is 2.70. The molecule has 0 radical (unpaired) electrons. The highest BCUT2D eigenvalue weighted by Crippen LogP contribution is 2.67. The number of hydrogen-bond acceptors (Lipinski definition) is 7. The van der Waals surface area contributed by atoms with Gasteiger partial charge in [0.2, 0.25) is 0 Å². The van der Waals surface area contributed by atoms with Crippen molar-refractivity contribution in [1.82, 2.24) is 0 Å². The molecule has 5 atom stereocenters. The van der Waals surface area contributed by atoms with E-state index < -0.39 is 34.1 Å². The molecule has 1 aromatic rings. The molecule has 7 nitrogen and oxygen atoms in total. The van der Waals surface area contributed by atoms with E-state index in [1.165, 1.54) is 7.11 Å². The van der Waals surface area contributed by atoms with Gasteiger partial charge in [-0.2, -0.15) is 0 Å². The van der Waals surface area contributed by atoms with Crippen LogP contribution in [0.2, 0.25) is 0 Å². The van der Waals surface area contributed by atoms with E-state index in [2.05, 4.69) is 13.8 Å². The van der Waals surface area contributed by atoms with Gasteiger partial charge in [0.05, 0.1) is 24.4 Å². The molecule has 0 aromatic heterocycles. The van der Waals surface area contributed by atoms with Crippen molar-refractivity contribution in [3.63, 3.8) is 0 Å². The van der Waals surface area contributed by atoms with Crippen molar-refractivity contribution in [2.24, 2.45) is 16.7 Å². The van der Waals surface area contributed by atoms with Crippen molar-refractivity contribution in [3.05, 3.63) is 22.3 Å². The first kappa shape index (κ1) is 21.7. The zero-order chi connectivity index (χ0) is 23.3. The first-order valence-corrected chi connectivity index (χ1v) is 11.4. The van der Waals surface area contributed by atoms with Crippen molar-refractivity contribution in [1.29, 1.82) is 0 Å². The summed E-state index contributed by atoms with van der Waals surface area (Å²) >= 11 is 0. The number of aliphatic hydroxyl groups is 2. The second-order valence-corrected chi connectivity index (χ2v) is 11.0. The van der Waals surface area contributed by atoms with Crippen molar-refractivity contribution in [2.75, 3.05) is 7.11 Å². The van der Waals surface area contributed by atoms with Gasteiger partial charge in [-0.25, -0.2) is 4.79 Å². The lowest BCUT2D eigenvalue weighted by Crippen LogP contribution is -2.73. The largest absolute Gasteiger partial charge is 0.495 e. The molecule has 7 heteroatoms. The summed E-state index contributed by atoms with van der Waals surface area (Å²) in [5, 5.41) is 22.9. The maximum absolute atomic E-state index is 12.5. The van der Waals surface area contributed by atoms with Gasteiger partial charge in [0.1, 0.15) is 29.3 Å². The number of hydrogen-bond donors (Lipinski definition) is 2. The Balaban J connectivity index is 1.71. The van der Waals surface area contributed by atoms with Crippen LogP contribution in [0, 0.1) is 16.7 Å². The summed E-state index contributed by atoms with van der Waals surface area (Å²) < 4.78 is 17.6. The Morgan fingerprint density at radius 1 is 1.12 bits per heavy atom. The summed E-state index contributed by atoms with van der Waals surface area (Å²) in [7, 11) is 1.51. The summed E-state index contributed by atoms with van der Waals surface area (Å²) in [5.41, 5.74) is -1.05. The van der Waals surface area contributed by atoms with Gasteiger partial charge in [-0.3, -0.25) is 4.79 Å². The minimum atomic E-state index is -1.08. The Kier molecular flexibility index (Phi) is 4.39. The Morgan fingerprint density at radius 2 is 1.84 bits per heavy atom. The number of aliphatic hydroxyl groups excluding tert-OH is 1. The van der Waals surface area contributed by atoms with Gasteiger partial charge in [-0.15, -0.1) is 0 Å². The van der Waals surface area contributed by atoms with Gasteiger partial charge < -0.3 is 24.4 Å². The maximum Gasteiger partial charge on any atom is 0.342 e. The highest BCUT2D eigenvalue weighted by molar-refractivity contribution is 6.01. The number of esters is 1. The molecule has 2 N–H and O–H groups in total. The van der Waals surface area contributed by atoms with Gasteiger partial charge in [-0.1, -0.05) is 20.8 Å². The van der Waals surface area contributed by atoms with E-state index in [4.69, 9.17) is 14.2 Å². The van der Waals surface area contributed by atoms with Crippen molar-refractivity contribution in [2.45, 2.75) is 83.7 Å². The fourth-order valence-electron chi connectivity index (χ4n) is 7.42. The molecule has 0 spiro atoms. The zero-order valence-corrected chi connectivity index (χ0v) is 19.4. The number of fused-ring (bicyclic) bond motifs is 5. The van der Waals surface area contributed by atoms with Crippen LogP contribution < -0.4 is 9.47 Å². The smallest absolute Gasteiger partial charge is 0.342 e. The number of cyclic esters (lactones) is 1. The SMILES string of the molecule is COc1c2c(c(C=O)c3c1C(=O)OC3)O[C@]1(C)CC[C@@]3(O)C(C)(C)[C@@H](O)CC[C@]3(C)[C@H]1C2. The number of rotatable bonds is 2. The molecule has 2 fully saturated rings. The van der Waals surface area contributed by atoms with E-state index in [-0.39, 0.29) is 12.5 Å². The van der Waals surface area contributed by atoms with E-state index in [0.717, 1.165) is 6.29 Å².